The Kier molecular flexibility index (Phi) is 14.6. The van der Waals surface area contributed by atoms with E-state index in [4.69, 9.17) is 0 Å². The van der Waals surface area contributed by atoms with Crippen molar-refractivity contribution in [1.82, 2.24) is 0 Å². The van der Waals surface area contributed by atoms with Crippen molar-refractivity contribution < 1.29 is 19.8 Å². The van der Waals surface area contributed by atoms with Crippen molar-refractivity contribution in [3.8, 4) is 12.1 Å². The quantitative estimate of drug-likeness (QED) is 0.0596. The van der Waals surface area contributed by atoms with E-state index in [1.165, 1.54) is 46.0 Å². The second-order valence-corrected chi connectivity index (χ2v) is 18.3. The van der Waals surface area contributed by atoms with Gasteiger partial charge in [-0.3, -0.25) is 0 Å². The highest BCUT2D eigenvalue weighted by atomic mass is 32.1. The number of aliphatic carboxylic acids is 2. The summed E-state index contributed by atoms with van der Waals surface area (Å²) in [6.07, 6.45) is 11.3. The zero-order valence-corrected chi connectivity index (χ0v) is 39.2. The number of rotatable bonds is 15. The second-order valence-electron chi connectivity index (χ2n) is 16.1. The fourth-order valence-electron chi connectivity index (χ4n) is 7.80. The van der Waals surface area contributed by atoms with Gasteiger partial charge in [0.1, 0.15) is 23.3 Å². The number of carbonyl (C=O) groups is 2. The van der Waals surface area contributed by atoms with Crippen molar-refractivity contribution in [2.24, 2.45) is 0 Å². The van der Waals surface area contributed by atoms with E-state index in [2.05, 4.69) is 134 Å². The lowest BCUT2D eigenvalue weighted by Crippen LogP contribution is -2.09. The Morgan fingerprint density at radius 1 is 0.464 bits per heavy atom. The van der Waals surface area contributed by atoms with Gasteiger partial charge in [-0.15, -0.1) is 22.7 Å². The Bertz CT molecular complexity index is 3200. The van der Waals surface area contributed by atoms with Gasteiger partial charge in [0.05, 0.1) is 0 Å². The number of thiophene rings is 2. The van der Waals surface area contributed by atoms with E-state index < -0.39 is 11.9 Å². The third-order valence-corrected chi connectivity index (χ3v) is 13.1. The number of nitriles is 2. The smallest absolute Gasteiger partial charge is 0.346 e. The van der Waals surface area contributed by atoms with Gasteiger partial charge in [0, 0.05) is 36.6 Å². The maximum absolute atomic E-state index is 11.6. The average Bonchev–Trinajstić information content (AvgIpc) is 4.04. The molecule has 8 aromatic rings. The van der Waals surface area contributed by atoms with Crippen molar-refractivity contribution >= 4 is 99.3 Å². The van der Waals surface area contributed by atoms with Crippen LogP contribution in [-0.4, -0.2) is 22.2 Å². The third kappa shape index (κ3) is 11.8. The monoisotopic (exact) mass is 933 g/mol. The van der Waals surface area contributed by atoms with Crippen LogP contribution in [0.25, 0.3) is 47.6 Å². The van der Waals surface area contributed by atoms with E-state index >= 15 is 0 Å². The Hall–Kier alpha value is -8.86. The Balaban J connectivity index is 1.16. The number of aryl methyl sites for hydroxylation is 2. The molecule has 0 aliphatic carbocycles. The van der Waals surface area contributed by atoms with Crippen LogP contribution in [0.1, 0.15) is 64.0 Å². The number of hydrogen-bond acceptors (Lipinski definition) is 7. The molecule has 0 fully saturated rings. The zero-order valence-electron chi connectivity index (χ0n) is 37.6. The van der Waals surface area contributed by atoms with E-state index in [0.29, 0.717) is 9.75 Å². The molecule has 0 unspecified atom stereocenters. The van der Waals surface area contributed by atoms with Gasteiger partial charge in [0.2, 0.25) is 0 Å². The minimum Gasteiger partial charge on any atom is -0.477 e. The molecular weight excluding hydrogens is 891 g/mol. The van der Waals surface area contributed by atoms with E-state index in [-0.39, 0.29) is 11.1 Å². The zero-order chi connectivity index (χ0) is 48.3. The predicted molar refractivity (Wildman–Crippen MR) is 284 cm³/mol. The molecule has 2 aromatic heterocycles. The summed E-state index contributed by atoms with van der Waals surface area (Å²) in [5, 5.41) is 37.6. The van der Waals surface area contributed by atoms with Crippen LogP contribution < -0.4 is 4.90 Å². The second kappa shape index (κ2) is 21.6. The molecule has 0 aliphatic rings. The molecule has 0 atom stereocenters. The molecule has 334 valence electrons. The SMILES string of the molecule is Cc1cc(C)cc(/C=C/c2ccc(N(c3ccc(/C=C(\c4ccccc4)c4ccc(/C=C(\C#N)C(=O)O)s4)cc3)c3ccc(/C=C(\c4ccccc4)c4ccc(/C=C(\C#N)C(=O)O)s4)cc3)cc2)c1. The van der Waals surface area contributed by atoms with Gasteiger partial charge in [-0.2, -0.15) is 10.5 Å². The molecule has 0 spiro atoms. The molecule has 0 amide bonds. The van der Waals surface area contributed by atoms with Crippen LogP contribution in [0, 0.1) is 36.5 Å². The first kappa shape index (κ1) is 46.7. The maximum Gasteiger partial charge on any atom is 0.346 e. The fraction of sp³-hybridized carbons (Fsp3) is 0.0333. The third-order valence-electron chi connectivity index (χ3n) is 11.0. The predicted octanol–water partition coefficient (Wildman–Crippen LogP) is 15.2. The fourth-order valence-corrected chi connectivity index (χ4v) is 9.78. The van der Waals surface area contributed by atoms with E-state index in [1.807, 2.05) is 84.9 Å². The summed E-state index contributed by atoms with van der Waals surface area (Å²) in [5.74, 6) is -2.52. The van der Waals surface area contributed by atoms with Gasteiger partial charge in [-0.05, 0) is 143 Å². The molecule has 0 bridgehead atoms. The van der Waals surface area contributed by atoms with Gasteiger partial charge < -0.3 is 15.1 Å². The summed E-state index contributed by atoms with van der Waals surface area (Å²) in [5.41, 5.74) is 12.7. The molecule has 0 radical (unpaired) electrons. The van der Waals surface area contributed by atoms with Crippen LogP contribution in [0.5, 0.6) is 0 Å². The average molecular weight is 934 g/mol. The van der Waals surface area contributed by atoms with Gasteiger partial charge in [0.15, 0.2) is 0 Å². The first-order valence-corrected chi connectivity index (χ1v) is 23.5. The Morgan fingerprint density at radius 3 is 1.22 bits per heavy atom. The lowest BCUT2D eigenvalue weighted by molar-refractivity contribution is -0.133. The van der Waals surface area contributed by atoms with Crippen molar-refractivity contribution in [2.45, 2.75) is 13.8 Å². The number of hydrogen-bond donors (Lipinski definition) is 2. The molecule has 0 saturated carbocycles. The summed E-state index contributed by atoms with van der Waals surface area (Å²) in [4.78, 5) is 28.6. The molecule has 7 nitrogen and oxygen atoms in total. The molecular formula is C60H43N3O4S2. The minimum atomic E-state index is -1.26. The summed E-state index contributed by atoms with van der Waals surface area (Å²) in [6, 6.07) is 62.9. The number of carboxylic acids is 2. The number of carboxylic acid groups (broad SMARTS) is 2. The number of nitrogens with zero attached hydrogens (tertiary/aromatic N) is 3. The summed E-state index contributed by atoms with van der Waals surface area (Å²) in [6.45, 7) is 4.21. The molecule has 6 aromatic carbocycles. The lowest BCUT2D eigenvalue weighted by atomic mass is 10.0. The van der Waals surface area contributed by atoms with Crippen molar-refractivity contribution in [3.05, 3.63) is 251 Å². The Morgan fingerprint density at radius 2 is 0.841 bits per heavy atom. The van der Waals surface area contributed by atoms with Crippen LogP contribution in [0.2, 0.25) is 0 Å². The van der Waals surface area contributed by atoms with Gasteiger partial charge in [-0.1, -0.05) is 139 Å². The topological polar surface area (TPSA) is 125 Å². The molecule has 2 heterocycles. The molecule has 69 heavy (non-hydrogen) atoms. The molecule has 0 aliphatic heterocycles. The number of anilines is 3. The van der Waals surface area contributed by atoms with Crippen LogP contribution in [-0.2, 0) is 9.59 Å². The number of benzene rings is 6. The standard InChI is InChI=1S/C60H43N3O4S2/c1-40-31-41(2)33-45(32-40)14-13-42-15-21-50(22-16-42)63(51-23-17-43(18-24-51)34-55(46-9-5-3-6-10-46)57-29-27-53(68-57)36-48(38-61)59(64)65)52-25-19-44(20-26-52)35-56(47-11-7-4-8-12-47)58-30-28-54(69-58)37-49(39-62)60(66)67/h3-37H,1-2H3,(H,64,65)(H,66,67)/b14-13+,48-36+,49-37+,55-34+,56-35+. The minimum absolute atomic E-state index is 0.321. The van der Waals surface area contributed by atoms with Crippen LogP contribution in [0.4, 0.5) is 17.1 Å². The van der Waals surface area contributed by atoms with Crippen molar-refractivity contribution in [1.29, 1.82) is 10.5 Å². The highest BCUT2D eigenvalue weighted by Gasteiger charge is 2.16. The largest absolute Gasteiger partial charge is 0.477 e. The maximum atomic E-state index is 11.6. The molecule has 0 saturated heterocycles. The first-order chi connectivity index (χ1) is 33.5. The van der Waals surface area contributed by atoms with E-state index in [1.54, 1.807) is 12.1 Å². The Labute approximate surface area is 409 Å². The highest BCUT2D eigenvalue weighted by molar-refractivity contribution is 7.14. The van der Waals surface area contributed by atoms with Crippen LogP contribution >= 0.6 is 22.7 Å². The first-order valence-electron chi connectivity index (χ1n) is 21.8. The van der Waals surface area contributed by atoms with Crippen LogP contribution in [0.3, 0.4) is 0 Å². The summed E-state index contributed by atoms with van der Waals surface area (Å²) < 4.78 is 0. The summed E-state index contributed by atoms with van der Waals surface area (Å²) >= 11 is 2.84. The van der Waals surface area contributed by atoms with Gasteiger partial charge in [-0.25, -0.2) is 9.59 Å². The summed E-state index contributed by atoms with van der Waals surface area (Å²) in [7, 11) is 0. The normalized spacial score (nSPS) is 12.1. The lowest BCUT2D eigenvalue weighted by Gasteiger charge is -2.26. The molecule has 2 N–H and O–H groups in total. The molecule has 9 heteroatoms. The highest BCUT2D eigenvalue weighted by Crippen LogP contribution is 2.38. The van der Waals surface area contributed by atoms with Gasteiger partial charge in [0.25, 0.3) is 0 Å². The van der Waals surface area contributed by atoms with Gasteiger partial charge >= 0.3 is 11.9 Å². The van der Waals surface area contributed by atoms with E-state index in [0.717, 1.165) is 71.3 Å². The van der Waals surface area contributed by atoms with Crippen molar-refractivity contribution in [2.75, 3.05) is 4.90 Å². The van der Waals surface area contributed by atoms with E-state index in [9.17, 15) is 30.3 Å². The van der Waals surface area contributed by atoms with Crippen molar-refractivity contribution in [3.63, 3.8) is 0 Å². The van der Waals surface area contributed by atoms with Crippen LogP contribution in [0.15, 0.2) is 187 Å². The molecule has 8 rings (SSSR count).